The topological polar surface area (TPSA) is 103 Å². The van der Waals surface area contributed by atoms with E-state index in [-0.39, 0.29) is 0 Å². The van der Waals surface area contributed by atoms with Gasteiger partial charge in [-0.15, -0.1) is 10.2 Å². The number of nitrogens with zero attached hydrogens (tertiary/aromatic N) is 4. The van der Waals surface area contributed by atoms with Crippen LogP contribution < -0.4 is 11.3 Å². The number of aryl methyl sites for hydroxylation is 2. The summed E-state index contributed by atoms with van der Waals surface area (Å²) < 4.78 is 5.24. The lowest BCUT2D eigenvalue weighted by Crippen LogP contribution is -2.10. The summed E-state index contributed by atoms with van der Waals surface area (Å²) in [5.41, 5.74) is 3.35. The SMILES string of the molecule is Cc1cc(NN)nc(CSc2nnc(C)o2)n1. The maximum atomic E-state index is 5.31. The van der Waals surface area contributed by atoms with Gasteiger partial charge in [-0.1, -0.05) is 11.8 Å². The first-order chi connectivity index (χ1) is 8.17. The summed E-state index contributed by atoms with van der Waals surface area (Å²) in [6, 6.07) is 1.77. The van der Waals surface area contributed by atoms with Gasteiger partial charge < -0.3 is 9.84 Å². The Bertz CT molecular complexity index is 514. The highest BCUT2D eigenvalue weighted by molar-refractivity contribution is 7.98. The van der Waals surface area contributed by atoms with Gasteiger partial charge in [0.05, 0.1) is 5.75 Å². The Morgan fingerprint density at radius 2 is 2.18 bits per heavy atom. The van der Waals surface area contributed by atoms with Crippen LogP contribution in [0.4, 0.5) is 5.82 Å². The highest BCUT2D eigenvalue weighted by atomic mass is 32.2. The standard InChI is InChI=1S/C9H12N6OS/c1-5-3-7(13-10)12-8(11-5)4-17-9-15-14-6(2)16-9/h3H,4,10H2,1-2H3,(H,11,12,13). The highest BCUT2D eigenvalue weighted by Crippen LogP contribution is 2.20. The van der Waals surface area contributed by atoms with Crippen molar-refractivity contribution in [2.24, 2.45) is 5.84 Å². The molecule has 0 bridgehead atoms. The lowest BCUT2D eigenvalue weighted by atomic mass is 10.4. The Hall–Kier alpha value is -1.67. The molecule has 7 nitrogen and oxygen atoms in total. The second-order valence-electron chi connectivity index (χ2n) is 3.33. The van der Waals surface area contributed by atoms with Crippen LogP contribution in [0, 0.1) is 13.8 Å². The summed E-state index contributed by atoms with van der Waals surface area (Å²) in [6.07, 6.45) is 0. The second kappa shape index (κ2) is 5.11. The van der Waals surface area contributed by atoms with Crippen molar-refractivity contribution in [1.82, 2.24) is 20.2 Å². The van der Waals surface area contributed by atoms with Gasteiger partial charge in [0.15, 0.2) is 0 Å². The Morgan fingerprint density at radius 3 is 2.82 bits per heavy atom. The van der Waals surface area contributed by atoms with Gasteiger partial charge in [-0.2, -0.15) is 0 Å². The van der Waals surface area contributed by atoms with Crippen LogP contribution in [0.5, 0.6) is 0 Å². The fourth-order valence-corrected chi connectivity index (χ4v) is 1.89. The number of nitrogen functional groups attached to an aromatic ring is 1. The number of aromatic nitrogens is 4. The highest BCUT2D eigenvalue weighted by Gasteiger charge is 2.06. The molecular formula is C9H12N6OS. The average Bonchev–Trinajstić information content (AvgIpc) is 2.72. The van der Waals surface area contributed by atoms with Crippen molar-refractivity contribution >= 4 is 17.6 Å². The molecule has 0 radical (unpaired) electrons. The van der Waals surface area contributed by atoms with Crippen molar-refractivity contribution in [3.05, 3.63) is 23.5 Å². The maximum absolute atomic E-state index is 5.31. The van der Waals surface area contributed by atoms with Gasteiger partial charge in [0, 0.05) is 18.7 Å². The molecule has 0 aliphatic rings. The van der Waals surface area contributed by atoms with E-state index in [1.807, 2.05) is 6.92 Å². The zero-order valence-electron chi connectivity index (χ0n) is 9.47. The van der Waals surface area contributed by atoms with Crippen molar-refractivity contribution in [3.8, 4) is 0 Å². The van der Waals surface area contributed by atoms with E-state index in [1.54, 1.807) is 13.0 Å². The summed E-state index contributed by atoms with van der Waals surface area (Å²) in [5.74, 6) is 7.67. The van der Waals surface area contributed by atoms with Gasteiger partial charge in [0.25, 0.3) is 5.22 Å². The first-order valence-electron chi connectivity index (χ1n) is 4.91. The van der Waals surface area contributed by atoms with Crippen molar-refractivity contribution in [3.63, 3.8) is 0 Å². The number of hydrogen-bond acceptors (Lipinski definition) is 8. The molecule has 17 heavy (non-hydrogen) atoms. The summed E-state index contributed by atoms with van der Waals surface area (Å²) in [4.78, 5) is 8.50. The monoisotopic (exact) mass is 252 g/mol. The molecule has 90 valence electrons. The van der Waals surface area contributed by atoms with Crippen LogP contribution in [0.25, 0.3) is 0 Å². The summed E-state index contributed by atoms with van der Waals surface area (Å²) >= 11 is 1.39. The van der Waals surface area contributed by atoms with E-state index in [4.69, 9.17) is 10.3 Å². The summed E-state index contributed by atoms with van der Waals surface area (Å²) in [7, 11) is 0. The van der Waals surface area contributed by atoms with Crippen molar-refractivity contribution < 1.29 is 4.42 Å². The number of rotatable bonds is 4. The third-order valence-corrected chi connectivity index (χ3v) is 2.70. The molecule has 8 heteroatoms. The zero-order chi connectivity index (χ0) is 12.3. The van der Waals surface area contributed by atoms with Gasteiger partial charge in [-0.05, 0) is 6.92 Å². The molecule has 2 aromatic rings. The molecule has 0 saturated carbocycles. The van der Waals surface area contributed by atoms with Crippen molar-refractivity contribution in [1.29, 1.82) is 0 Å². The molecule has 2 heterocycles. The fourth-order valence-electron chi connectivity index (χ4n) is 1.23. The molecule has 0 fully saturated rings. The van der Waals surface area contributed by atoms with E-state index >= 15 is 0 Å². The summed E-state index contributed by atoms with van der Waals surface area (Å²) in [6.45, 7) is 3.63. The van der Waals surface area contributed by atoms with Gasteiger partial charge in [0.2, 0.25) is 5.89 Å². The van der Waals surface area contributed by atoms with Gasteiger partial charge in [0.1, 0.15) is 11.6 Å². The Kier molecular flexibility index (Phi) is 3.55. The fraction of sp³-hybridized carbons (Fsp3) is 0.333. The quantitative estimate of drug-likeness (QED) is 0.473. The molecule has 0 saturated heterocycles. The Labute approximate surface area is 102 Å². The molecule has 0 amide bonds. The molecular weight excluding hydrogens is 240 g/mol. The molecule has 0 spiro atoms. The third kappa shape index (κ3) is 3.14. The molecule has 0 unspecified atom stereocenters. The summed E-state index contributed by atoms with van der Waals surface area (Å²) in [5, 5.41) is 8.12. The Morgan fingerprint density at radius 1 is 1.35 bits per heavy atom. The third-order valence-electron chi connectivity index (χ3n) is 1.88. The van der Waals surface area contributed by atoms with E-state index in [9.17, 15) is 0 Å². The zero-order valence-corrected chi connectivity index (χ0v) is 10.3. The molecule has 0 aliphatic carbocycles. The first-order valence-corrected chi connectivity index (χ1v) is 5.90. The van der Waals surface area contributed by atoms with E-state index in [2.05, 4.69) is 25.6 Å². The number of nitrogens with two attached hydrogens (primary N) is 1. The van der Waals surface area contributed by atoms with Crippen molar-refractivity contribution in [2.45, 2.75) is 24.8 Å². The maximum Gasteiger partial charge on any atom is 0.277 e. The molecule has 2 aromatic heterocycles. The van der Waals surface area contributed by atoms with E-state index < -0.39 is 0 Å². The normalized spacial score (nSPS) is 10.5. The van der Waals surface area contributed by atoms with Gasteiger partial charge in [-0.3, -0.25) is 0 Å². The Balaban J connectivity index is 2.05. The molecule has 0 aromatic carbocycles. The number of hydrazine groups is 1. The molecule has 2 rings (SSSR count). The number of nitrogens with one attached hydrogen (secondary N) is 1. The van der Waals surface area contributed by atoms with Gasteiger partial charge in [-0.25, -0.2) is 15.8 Å². The van der Waals surface area contributed by atoms with E-state index in [1.165, 1.54) is 11.8 Å². The smallest absolute Gasteiger partial charge is 0.277 e. The molecule has 0 atom stereocenters. The predicted octanol–water partition coefficient (Wildman–Crippen LogP) is 1.05. The minimum absolute atomic E-state index is 0.509. The number of thioether (sulfide) groups is 1. The lowest BCUT2D eigenvalue weighted by Gasteiger charge is -2.03. The van der Waals surface area contributed by atoms with Crippen LogP contribution >= 0.6 is 11.8 Å². The van der Waals surface area contributed by atoms with Crippen LogP contribution in [0.15, 0.2) is 15.7 Å². The van der Waals surface area contributed by atoms with Crippen LogP contribution in [0.3, 0.4) is 0 Å². The molecule has 3 N–H and O–H groups in total. The largest absolute Gasteiger partial charge is 0.416 e. The molecule has 0 aliphatic heterocycles. The van der Waals surface area contributed by atoms with Gasteiger partial charge >= 0.3 is 0 Å². The second-order valence-corrected chi connectivity index (χ2v) is 4.26. The average molecular weight is 252 g/mol. The van der Waals surface area contributed by atoms with Crippen LogP contribution in [-0.4, -0.2) is 20.2 Å². The van der Waals surface area contributed by atoms with E-state index in [0.29, 0.717) is 28.5 Å². The first kappa shape index (κ1) is 11.8. The van der Waals surface area contributed by atoms with Crippen LogP contribution in [0.2, 0.25) is 0 Å². The van der Waals surface area contributed by atoms with Crippen LogP contribution in [-0.2, 0) is 5.75 Å². The van der Waals surface area contributed by atoms with Crippen molar-refractivity contribution in [2.75, 3.05) is 5.43 Å². The predicted molar refractivity (Wildman–Crippen MR) is 63.2 cm³/mol. The number of hydrogen-bond donors (Lipinski definition) is 2. The van der Waals surface area contributed by atoms with Crippen LogP contribution in [0.1, 0.15) is 17.4 Å². The number of anilines is 1. The minimum atomic E-state index is 0.509. The lowest BCUT2D eigenvalue weighted by molar-refractivity contribution is 0.429. The minimum Gasteiger partial charge on any atom is -0.416 e. The van der Waals surface area contributed by atoms with E-state index in [0.717, 1.165) is 5.69 Å².